The smallest absolute Gasteiger partial charge is 0.270 e. The number of furan rings is 1. The third kappa shape index (κ3) is 5.93. The first-order valence-electron chi connectivity index (χ1n) is 12.0. The number of hydrogen-bond acceptors (Lipinski definition) is 11. The second-order valence-corrected chi connectivity index (χ2v) is 8.70. The molecule has 12 nitrogen and oxygen atoms in total. The summed E-state index contributed by atoms with van der Waals surface area (Å²) in [5, 5.41) is 18.6. The zero-order chi connectivity index (χ0) is 26.5. The first-order valence-corrected chi connectivity index (χ1v) is 12.0. The number of nitrogens with one attached hydrogen (secondary N) is 2. The average molecular weight is 515 g/mol. The normalized spacial score (nSPS) is 13.6. The Labute approximate surface area is 218 Å². The fourth-order valence-electron chi connectivity index (χ4n) is 3.87. The van der Waals surface area contributed by atoms with Gasteiger partial charge in [0.1, 0.15) is 11.5 Å². The number of nitrogens with zero attached hydrogens (tertiary/aromatic N) is 6. The minimum absolute atomic E-state index is 0.00744. The van der Waals surface area contributed by atoms with E-state index in [0.717, 1.165) is 16.8 Å². The van der Waals surface area contributed by atoms with Crippen LogP contribution < -0.4 is 15.6 Å². The number of rotatable bonds is 8. The van der Waals surface area contributed by atoms with E-state index in [1.165, 1.54) is 18.3 Å². The molecule has 0 bridgehead atoms. The van der Waals surface area contributed by atoms with Gasteiger partial charge in [-0.1, -0.05) is 24.3 Å². The molecule has 4 aromatic rings. The van der Waals surface area contributed by atoms with Gasteiger partial charge in [-0.05, 0) is 43.2 Å². The van der Waals surface area contributed by atoms with Crippen LogP contribution in [0.25, 0.3) is 11.3 Å². The highest BCUT2D eigenvalue weighted by Gasteiger charge is 2.17. The molecule has 2 aromatic heterocycles. The van der Waals surface area contributed by atoms with E-state index < -0.39 is 4.92 Å². The maximum atomic E-state index is 11.1. The molecule has 0 amide bonds. The first-order chi connectivity index (χ1) is 18.4. The molecule has 1 aliphatic rings. The number of hydrazone groups is 1. The zero-order valence-corrected chi connectivity index (χ0v) is 20.9. The highest BCUT2D eigenvalue weighted by atomic mass is 16.6. The molecule has 0 spiro atoms. The molecular formula is C26H26N8O4. The molecule has 38 heavy (non-hydrogen) atoms. The first kappa shape index (κ1) is 24.8. The number of aryl methyl sites for hydroxylation is 2. The highest BCUT2D eigenvalue weighted by molar-refractivity contribution is 5.78. The van der Waals surface area contributed by atoms with Gasteiger partial charge in [-0.25, -0.2) is 5.43 Å². The molecule has 0 radical (unpaired) electrons. The van der Waals surface area contributed by atoms with Gasteiger partial charge in [0.2, 0.25) is 17.8 Å². The Morgan fingerprint density at radius 3 is 2.66 bits per heavy atom. The molecule has 0 atom stereocenters. The summed E-state index contributed by atoms with van der Waals surface area (Å²) < 4.78 is 11.2. The van der Waals surface area contributed by atoms with Crippen molar-refractivity contribution in [2.75, 3.05) is 41.9 Å². The van der Waals surface area contributed by atoms with Crippen LogP contribution in [0.5, 0.6) is 0 Å². The van der Waals surface area contributed by atoms with E-state index in [9.17, 15) is 10.1 Å². The fraction of sp³-hybridized carbons (Fsp3) is 0.231. The van der Waals surface area contributed by atoms with Gasteiger partial charge in [-0.15, -0.1) is 0 Å². The summed E-state index contributed by atoms with van der Waals surface area (Å²) in [7, 11) is 0. The average Bonchev–Trinajstić information content (AvgIpc) is 3.40. The maximum absolute atomic E-state index is 11.1. The second-order valence-electron chi connectivity index (χ2n) is 8.70. The number of benzene rings is 2. The third-order valence-corrected chi connectivity index (χ3v) is 5.88. The lowest BCUT2D eigenvalue weighted by Gasteiger charge is -2.27. The van der Waals surface area contributed by atoms with Crippen molar-refractivity contribution >= 4 is 35.4 Å². The molecule has 1 fully saturated rings. The van der Waals surface area contributed by atoms with Crippen molar-refractivity contribution in [1.29, 1.82) is 0 Å². The minimum atomic E-state index is -0.442. The molecule has 0 aliphatic carbocycles. The minimum Gasteiger partial charge on any atom is -0.455 e. The Morgan fingerprint density at radius 2 is 1.84 bits per heavy atom. The second kappa shape index (κ2) is 11.0. The van der Waals surface area contributed by atoms with Crippen LogP contribution in [0.1, 0.15) is 16.9 Å². The van der Waals surface area contributed by atoms with Gasteiger partial charge in [0.25, 0.3) is 5.69 Å². The summed E-state index contributed by atoms with van der Waals surface area (Å²) in [6, 6.07) is 15.8. The zero-order valence-electron chi connectivity index (χ0n) is 20.9. The van der Waals surface area contributed by atoms with E-state index in [1.807, 2.05) is 36.9 Å². The molecule has 194 valence electrons. The molecule has 3 heterocycles. The number of nitro benzene ring substituents is 1. The molecule has 0 unspecified atom stereocenters. The predicted molar refractivity (Wildman–Crippen MR) is 144 cm³/mol. The maximum Gasteiger partial charge on any atom is 0.270 e. The van der Waals surface area contributed by atoms with Crippen molar-refractivity contribution in [3.8, 4) is 11.3 Å². The van der Waals surface area contributed by atoms with Crippen LogP contribution in [-0.2, 0) is 4.74 Å². The van der Waals surface area contributed by atoms with E-state index >= 15 is 0 Å². The van der Waals surface area contributed by atoms with E-state index in [1.54, 1.807) is 24.3 Å². The molecule has 1 aliphatic heterocycles. The van der Waals surface area contributed by atoms with E-state index in [-0.39, 0.29) is 11.6 Å². The molecule has 2 aromatic carbocycles. The highest BCUT2D eigenvalue weighted by Crippen LogP contribution is 2.26. The Kier molecular flexibility index (Phi) is 7.22. The summed E-state index contributed by atoms with van der Waals surface area (Å²) in [5.74, 6) is 2.11. The van der Waals surface area contributed by atoms with Crippen molar-refractivity contribution in [3.05, 3.63) is 81.6 Å². The number of anilines is 4. The Morgan fingerprint density at radius 1 is 1.03 bits per heavy atom. The van der Waals surface area contributed by atoms with Crippen LogP contribution in [0.3, 0.4) is 0 Å². The van der Waals surface area contributed by atoms with Crippen LogP contribution in [0, 0.1) is 24.0 Å². The van der Waals surface area contributed by atoms with Crippen LogP contribution in [0.15, 0.2) is 64.1 Å². The Hall–Kier alpha value is -4.84. The van der Waals surface area contributed by atoms with Crippen LogP contribution in [0.4, 0.5) is 29.2 Å². The number of aromatic nitrogens is 3. The number of morpholine rings is 1. The van der Waals surface area contributed by atoms with Crippen molar-refractivity contribution in [2.45, 2.75) is 13.8 Å². The summed E-state index contributed by atoms with van der Waals surface area (Å²) in [4.78, 5) is 26.3. The number of non-ortho nitro benzene ring substituents is 1. The van der Waals surface area contributed by atoms with E-state index in [4.69, 9.17) is 9.15 Å². The molecule has 5 rings (SSSR count). The number of ether oxygens (including phenoxy) is 1. The van der Waals surface area contributed by atoms with Crippen molar-refractivity contribution in [1.82, 2.24) is 15.0 Å². The topological polar surface area (TPSA) is 144 Å². The van der Waals surface area contributed by atoms with Crippen LogP contribution in [-0.4, -0.2) is 52.4 Å². The molecule has 2 N–H and O–H groups in total. The van der Waals surface area contributed by atoms with Crippen molar-refractivity contribution < 1.29 is 14.1 Å². The number of nitro groups is 1. The summed E-state index contributed by atoms with van der Waals surface area (Å²) in [5.41, 5.74) is 6.54. The predicted octanol–water partition coefficient (Wildman–Crippen LogP) is 4.68. The summed E-state index contributed by atoms with van der Waals surface area (Å²) in [6.45, 7) is 6.57. The third-order valence-electron chi connectivity index (χ3n) is 5.88. The molecule has 12 heteroatoms. The lowest BCUT2D eigenvalue weighted by molar-refractivity contribution is -0.384. The quantitative estimate of drug-likeness (QED) is 0.193. The van der Waals surface area contributed by atoms with Crippen molar-refractivity contribution in [2.24, 2.45) is 5.10 Å². The van der Waals surface area contributed by atoms with Gasteiger partial charge >= 0.3 is 0 Å². The number of hydrogen-bond donors (Lipinski definition) is 2. The summed E-state index contributed by atoms with van der Waals surface area (Å²) in [6.07, 6.45) is 1.48. The van der Waals surface area contributed by atoms with Crippen molar-refractivity contribution in [3.63, 3.8) is 0 Å². The van der Waals surface area contributed by atoms with E-state index in [0.29, 0.717) is 55.3 Å². The van der Waals surface area contributed by atoms with Gasteiger partial charge in [0.05, 0.1) is 24.4 Å². The largest absolute Gasteiger partial charge is 0.455 e. The summed E-state index contributed by atoms with van der Waals surface area (Å²) >= 11 is 0. The van der Waals surface area contributed by atoms with Gasteiger partial charge in [0, 0.05) is 36.5 Å². The van der Waals surface area contributed by atoms with Crippen LogP contribution >= 0.6 is 0 Å². The Bertz CT molecular complexity index is 1480. The molecule has 0 saturated carbocycles. The van der Waals surface area contributed by atoms with Gasteiger partial charge in [-0.2, -0.15) is 20.1 Å². The van der Waals surface area contributed by atoms with Gasteiger partial charge in [0.15, 0.2) is 0 Å². The van der Waals surface area contributed by atoms with Crippen LogP contribution in [0.2, 0.25) is 0 Å². The molecular weight excluding hydrogens is 488 g/mol. The lowest BCUT2D eigenvalue weighted by atomic mass is 10.1. The van der Waals surface area contributed by atoms with E-state index in [2.05, 4.69) is 30.8 Å². The molecule has 1 saturated heterocycles. The van der Waals surface area contributed by atoms with Gasteiger partial charge < -0.3 is 19.4 Å². The Balaban J connectivity index is 1.35. The van der Waals surface area contributed by atoms with Gasteiger partial charge in [-0.3, -0.25) is 10.1 Å². The monoisotopic (exact) mass is 514 g/mol. The SMILES string of the molecule is Cc1ccc(C)c(Nc2nc(N/N=C\c3ccc(-c4cccc([N+](=O)[O-])c4)o3)nc(N3CCOCC3)n2)c1. The fourth-order valence-corrected chi connectivity index (χ4v) is 3.87. The standard InChI is InChI=1S/C26H26N8O4/c1-17-6-7-18(2)22(14-17)28-24-29-25(31-26(30-24)33-10-12-37-13-11-33)32-27-16-21-8-9-23(38-21)19-4-3-5-20(15-19)34(35)36/h3-9,14-16H,10-13H2,1-2H3,(H2,28,29,30,31,32)/b27-16-. The lowest BCUT2D eigenvalue weighted by Crippen LogP contribution is -2.37.